The molecule has 1 heterocycles. The molecule has 6 heteroatoms. The van der Waals surface area contributed by atoms with Crippen LogP contribution in [0.15, 0.2) is 0 Å². The van der Waals surface area contributed by atoms with Crippen LogP contribution in [-0.2, 0) is 18.2 Å². The first kappa shape index (κ1) is 13.6. The highest BCUT2D eigenvalue weighted by atomic mass is 27.1. The Morgan fingerprint density at radius 2 is 1.94 bits per heavy atom. The van der Waals surface area contributed by atoms with E-state index in [1.165, 1.54) is 6.42 Å². The van der Waals surface area contributed by atoms with Gasteiger partial charge in [-0.25, -0.2) is 0 Å². The van der Waals surface area contributed by atoms with E-state index in [0.29, 0.717) is 0 Å². The monoisotopic (exact) mass is 266 g/mol. The minimum atomic E-state index is -0.665. The summed E-state index contributed by atoms with van der Waals surface area (Å²) in [5.41, 5.74) is 0. The minimum Gasteiger partial charge on any atom is -0.621 e. The first-order valence-electron chi connectivity index (χ1n) is 6.51. The van der Waals surface area contributed by atoms with E-state index in [9.17, 15) is 14.4 Å². The summed E-state index contributed by atoms with van der Waals surface area (Å²) in [4.78, 5) is 35.1. The van der Waals surface area contributed by atoms with Crippen LogP contribution in [0.1, 0.15) is 38.5 Å². The third-order valence-corrected chi connectivity index (χ3v) is 4.55. The Bertz CT molecular complexity index is 352. The molecule has 0 bridgehead atoms. The van der Waals surface area contributed by atoms with Crippen molar-refractivity contribution < 1.29 is 18.2 Å². The molecule has 0 spiro atoms. The normalized spacial score (nSPS) is 25.9. The van der Waals surface area contributed by atoms with Crippen LogP contribution in [0.2, 0.25) is 5.28 Å². The fourth-order valence-corrected chi connectivity index (χ4v) is 3.29. The van der Waals surface area contributed by atoms with Gasteiger partial charge in [0.05, 0.1) is 12.5 Å². The summed E-state index contributed by atoms with van der Waals surface area (Å²) in [6, 6.07) is -0.665. The van der Waals surface area contributed by atoms with Crippen LogP contribution >= 0.6 is 0 Å². The second-order valence-corrected chi connectivity index (χ2v) is 5.90. The van der Waals surface area contributed by atoms with E-state index in [0.717, 1.165) is 25.7 Å². The topological polar surface area (TPSA) is 72.5 Å². The maximum atomic E-state index is 12.0. The zero-order chi connectivity index (χ0) is 13.0. The lowest BCUT2D eigenvalue weighted by atomic mass is 9.88. The number of amides is 1. The molecule has 1 atom stereocenters. The van der Waals surface area contributed by atoms with Crippen molar-refractivity contribution in [2.24, 2.45) is 5.92 Å². The van der Waals surface area contributed by atoms with Crippen molar-refractivity contribution in [1.29, 1.82) is 0 Å². The summed E-state index contributed by atoms with van der Waals surface area (Å²) in [6.07, 6.45) is 5.10. The van der Waals surface area contributed by atoms with E-state index in [-0.39, 0.29) is 35.3 Å². The Kier molecular flexibility index (Phi) is 4.79. The summed E-state index contributed by atoms with van der Waals surface area (Å²) in [7, 11) is 0. The van der Waals surface area contributed by atoms with Crippen molar-refractivity contribution in [2.45, 2.75) is 49.8 Å². The second-order valence-electron chi connectivity index (χ2n) is 4.93. The summed E-state index contributed by atoms with van der Waals surface area (Å²) >= 11 is -0.583. The number of nitrogens with one attached hydrogen (secondary N) is 1. The van der Waals surface area contributed by atoms with Crippen molar-refractivity contribution >= 4 is 33.2 Å². The molecule has 2 fully saturated rings. The molecule has 1 aliphatic carbocycles. The largest absolute Gasteiger partial charge is 0.621 e. The number of hydrogen-bond acceptors (Lipinski definition) is 4. The van der Waals surface area contributed by atoms with Crippen LogP contribution in [-0.4, -0.2) is 39.3 Å². The summed E-state index contributed by atoms with van der Waals surface area (Å²) in [6.45, 7) is 0. The van der Waals surface area contributed by atoms with Gasteiger partial charge in [-0.15, -0.1) is 0 Å². The lowest BCUT2D eigenvalue weighted by Gasteiger charge is -2.23. The zero-order valence-electron chi connectivity index (χ0n) is 10.3. The molecule has 18 heavy (non-hydrogen) atoms. The fraction of sp³-hybridized carbons (Fsp3) is 0.750. The SMILES string of the molecule is O=C1CC(NC(=O)C2CCCCC2)C(=O)[CH2][Al][O]1. The predicted octanol–water partition coefficient (Wildman–Crippen LogP) is 0.605. The number of ketones is 1. The van der Waals surface area contributed by atoms with Crippen molar-refractivity contribution in [3.8, 4) is 0 Å². The molecule has 1 saturated carbocycles. The summed E-state index contributed by atoms with van der Waals surface area (Å²) < 4.78 is 4.90. The zero-order valence-corrected chi connectivity index (χ0v) is 11.5. The number of rotatable bonds is 2. The van der Waals surface area contributed by atoms with Crippen molar-refractivity contribution in [3.63, 3.8) is 0 Å². The van der Waals surface area contributed by atoms with Crippen LogP contribution in [0.25, 0.3) is 0 Å². The molecular weight excluding hydrogens is 249 g/mol. The van der Waals surface area contributed by atoms with Gasteiger partial charge in [0.2, 0.25) is 5.91 Å². The molecule has 1 radical (unpaired) electrons. The van der Waals surface area contributed by atoms with Gasteiger partial charge >= 0.3 is 15.6 Å². The third-order valence-electron chi connectivity index (χ3n) is 3.55. The fourth-order valence-electron chi connectivity index (χ4n) is 2.47. The van der Waals surface area contributed by atoms with Gasteiger partial charge in [-0.3, -0.25) is 14.4 Å². The molecule has 0 aromatic carbocycles. The highest BCUT2D eigenvalue weighted by molar-refractivity contribution is 6.38. The van der Waals surface area contributed by atoms with Gasteiger partial charge in [0.25, 0.3) is 5.97 Å². The molecule has 1 amide bonds. The highest BCUT2D eigenvalue weighted by Crippen LogP contribution is 2.24. The van der Waals surface area contributed by atoms with E-state index in [2.05, 4.69) is 5.32 Å². The van der Waals surface area contributed by atoms with Gasteiger partial charge in [0.1, 0.15) is 5.78 Å². The average Bonchev–Trinajstić information content (AvgIpc) is 2.53. The van der Waals surface area contributed by atoms with Crippen LogP contribution in [0.3, 0.4) is 0 Å². The maximum absolute atomic E-state index is 12.0. The molecule has 1 unspecified atom stereocenters. The lowest BCUT2D eigenvalue weighted by molar-refractivity contribution is -0.136. The smallest absolute Gasteiger partial charge is 0.533 e. The number of Topliss-reactive ketones (excluding diaryl/α,β-unsaturated/α-hetero) is 1. The summed E-state index contributed by atoms with van der Waals surface area (Å²) in [5.74, 6) is -0.499. The molecule has 97 valence electrons. The van der Waals surface area contributed by atoms with E-state index in [1.54, 1.807) is 0 Å². The second kappa shape index (κ2) is 6.35. The molecule has 1 N–H and O–H groups in total. The molecule has 1 aliphatic heterocycles. The number of hydrogen-bond donors (Lipinski definition) is 1. The average molecular weight is 266 g/mol. The highest BCUT2D eigenvalue weighted by Gasteiger charge is 2.31. The first-order valence-corrected chi connectivity index (χ1v) is 7.80. The van der Waals surface area contributed by atoms with Crippen LogP contribution in [0.4, 0.5) is 0 Å². The molecule has 0 aromatic rings. The van der Waals surface area contributed by atoms with Gasteiger partial charge in [-0.2, -0.15) is 0 Å². The van der Waals surface area contributed by atoms with Gasteiger partial charge in [0, 0.05) is 5.92 Å². The van der Waals surface area contributed by atoms with Gasteiger partial charge in [-0.05, 0) is 18.1 Å². The number of carbonyl (C=O) groups is 3. The van der Waals surface area contributed by atoms with E-state index >= 15 is 0 Å². The summed E-state index contributed by atoms with van der Waals surface area (Å²) in [5, 5.41) is 3.01. The Morgan fingerprint density at radius 1 is 1.22 bits per heavy atom. The molecular formula is C12H17AlNO4. The molecule has 0 aromatic heterocycles. The molecule has 2 rings (SSSR count). The van der Waals surface area contributed by atoms with Gasteiger partial charge in [-0.1, -0.05) is 19.3 Å². The van der Waals surface area contributed by atoms with Gasteiger partial charge < -0.3 is 9.11 Å². The van der Waals surface area contributed by atoms with E-state index in [4.69, 9.17) is 3.79 Å². The van der Waals surface area contributed by atoms with Crippen molar-refractivity contribution in [2.75, 3.05) is 0 Å². The number of carbonyl (C=O) groups excluding carboxylic acids is 3. The van der Waals surface area contributed by atoms with E-state index < -0.39 is 21.6 Å². The Balaban J connectivity index is 1.91. The Morgan fingerprint density at radius 3 is 2.67 bits per heavy atom. The quantitative estimate of drug-likeness (QED) is 0.743. The van der Waals surface area contributed by atoms with Crippen LogP contribution < -0.4 is 5.32 Å². The molecule has 5 nitrogen and oxygen atoms in total. The van der Waals surface area contributed by atoms with Crippen LogP contribution in [0.5, 0.6) is 0 Å². The lowest BCUT2D eigenvalue weighted by Crippen LogP contribution is -2.44. The van der Waals surface area contributed by atoms with Gasteiger partial charge in [0.15, 0.2) is 0 Å². The molecule has 1 saturated heterocycles. The Hall–Kier alpha value is -0.858. The first-order chi connectivity index (χ1) is 8.66. The molecule has 2 aliphatic rings. The van der Waals surface area contributed by atoms with Crippen LogP contribution in [0, 0.1) is 5.92 Å². The van der Waals surface area contributed by atoms with Crippen molar-refractivity contribution in [1.82, 2.24) is 5.32 Å². The minimum absolute atomic E-state index is 0.00963. The predicted molar refractivity (Wildman–Crippen MR) is 64.8 cm³/mol. The standard InChI is InChI=1S/C12H18NO4.Al/c1-8(14)10(7-11(15)16)13-12(17)9-5-3-2-4-6-9;/h9-10H,1-7H2,(H,13,17)(H,15,16);/q;+1/p-1. The van der Waals surface area contributed by atoms with E-state index in [1.807, 2.05) is 0 Å². The van der Waals surface area contributed by atoms with Crippen molar-refractivity contribution in [3.05, 3.63) is 0 Å². The third kappa shape index (κ3) is 3.57. The maximum Gasteiger partial charge on any atom is 0.533 e. The Labute approximate surface area is 113 Å².